The molecule has 2 atom stereocenters. The first kappa shape index (κ1) is 11.9. The van der Waals surface area contributed by atoms with Gasteiger partial charge in [-0.15, -0.1) is 0 Å². The number of hydrogen-bond donors (Lipinski definition) is 1. The van der Waals surface area contributed by atoms with Crippen LogP contribution < -0.4 is 10.2 Å². The molecule has 6 heteroatoms. The summed E-state index contributed by atoms with van der Waals surface area (Å²) < 4.78 is 0.887. The van der Waals surface area contributed by atoms with Gasteiger partial charge in [0.1, 0.15) is 5.69 Å². The summed E-state index contributed by atoms with van der Waals surface area (Å²) >= 11 is 3.39. The minimum atomic E-state index is -0.297. The normalized spacial score (nSPS) is 26.4. The van der Waals surface area contributed by atoms with Crippen LogP contribution in [0.3, 0.4) is 0 Å². The molecule has 1 aromatic carbocycles. The van der Waals surface area contributed by atoms with E-state index in [-0.39, 0.29) is 10.6 Å². The summed E-state index contributed by atoms with van der Waals surface area (Å²) in [5.41, 5.74) is 0.940. The van der Waals surface area contributed by atoms with E-state index >= 15 is 0 Å². The van der Waals surface area contributed by atoms with Crippen molar-refractivity contribution in [3.63, 3.8) is 0 Å². The second-order valence-corrected chi connectivity index (χ2v) is 5.89. The van der Waals surface area contributed by atoms with Gasteiger partial charge in [0, 0.05) is 36.7 Å². The number of halogens is 1. The van der Waals surface area contributed by atoms with E-state index in [9.17, 15) is 10.1 Å². The van der Waals surface area contributed by atoms with Crippen LogP contribution >= 0.6 is 15.9 Å². The maximum absolute atomic E-state index is 11.1. The Morgan fingerprint density at radius 2 is 2.00 bits per heavy atom. The lowest BCUT2D eigenvalue weighted by molar-refractivity contribution is -0.384. The smallest absolute Gasteiger partial charge is 0.292 e. The fraction of sp³-hybridized carbons (Fsp3) is 0.500. The average molecular weight is 312 g/mol. The van der Waals surface area contributed by atoms with Gasteiger partial charge in [0.15, 0.2) is 0 Å². The van der Waals surface area contributed by atoms with Crippen LogP contribution in [-0.4, -0.2) is 31.1 Å². The molecule has 0 bridgehead atoms. The van der Waals surface area contributed by atoms with Crippen LogP contribution in [-0.2, 0) is 0 Å². The molecule has 0 spiro atoms. The van der Waals surface area contributed by atoms with Gasteiger partial charge in [-0.1, -0.05) is 15.9 Å². The van der Waals surface area contributed by atoms with Gasteiger partial charge in [-0.25, -0.2) is 0 Å². The second kappa shape index (κ2) is 4.51. The van der Waals surface area contributed by atoms with E-state index in [0.29, 0.717) is 11.8 Å². The highest BCUT2D eigenvalue weighted by Crippen LogP contribution is 2.37. The van der Waals surface area contributed by atoms with Crippen molar-refractivity contribution in [3.05, 3.63) is 32.8 Å². The Morgan fingerprint density at radius 1 is 1.33 bits per heavy atom. The van der Waals surface area contributed by atoms with E-state index in [1.54, 1.807) is 12.1 Å². The Labute approximate surface area is 113 Å². The minimum absolute atomic E-state index is 0.200. The molecule has 0 radical (unpaired) electrons. The van der Waals surface area contributed by atoms with Crippen LogP contribution in [0.1, 0.15) is 0 Å². The maximum Gasteiger partial charge on any atom is 0.292 e. The molecule has 0 aliphatic carbocycles. The highest BCUT2D eigenvalue weighted by molar-refractivity contribution is 9.10. The molecule has 5 nitrogen and oxygen atoms in total. The van der Waals surface area contributed by atoms with Gasteiger partial charge in [0.05, 0.1) is 4.92 Å². The van der Waals surface area contributed by atoms with E-state index in [2.05, 4.69) is 26.1 Å². The van der Waals surface area contributed by atoms with Gasteiger partial charge in [0.25, 0.3) is 5.69 Å². The van der Waals surface area contributed by atoms with Crippen molar-refractivity contribution in [2.24, 2.45) is 11.8 Å². The predicted molar refractivity (Wildman–Crippen MR) is 72.9 cm³/mol. The number of nitro groups is 1. The molecule has 2 unspecified atom stereocenters. The molecule has 0 aromatic heterocycles. The highest BCUT2D eigenvalue weighted by atomic mass is 79.9. The molecule has 1 N–H and O–H groups in total. The standard InChI is InChI=1S/C12H14BrN3O2/c13-10-1-2-11(16(17)18)12(3-10)15-6-8-4-14-5-9(8)7-15/h1-3,8-9,14H,4-7H2. The number of fused-ring (bicyclic) bond motifs is 1. The maximum atomic E-state index is 11.1. The van der Waals surface area contributed by atoms with Gasteiger partial charge in [0.2, 0.25) is 0 Å². The monoisotopic (exact) mass is 311 g/mol. The lowest BCUT2D eigenvalue weighted by atomic mass is 10.0. The molecular weight excluding hydrogens is 298 g/mol. The number of rotatable bonds is 2. The molecule has 3 rings (SSSR count). The highest BCUT2D eigenvalue weighted by Gasteiger charge is 2.37. The molecule has 2 aliphatic heterocycles. The molecule has 2 heterocycles. The molecule has 1 aromatic rings. The quantitative estimate of drug-likeness (QED) is 0.670. The van der Waals surface area contributed by atoms with Crippen molar-refractivity contribution in [1.82, 2.24) is 5.32 Å². The molecular formula is C12H14BrN3O2. The zero-order valence-electron chi connectivity index (χ0n) is 9.80. The van der Waals surface area contributed by atoms with Gasteiger partial charge in [-0.3, -0.25) is 10.1 Å². The van der Waals surface area contributed by atoms with Crippen molar-refractivity contribution in [2.75, 3.05) is 31.1 Å². The van der Waals surface area contributed by atoms with Gasteiger partial charge >= 0.3 is 0 Å². The van der Waals surface area contributed by atoms with Crippen LogP contribution in [0.2, 0.25) is 0 Å². The van der Waals surface area contributed by atoms with E-state index in [0.717, 1.165) is 36.3 Å². The van der Waals surface area contributed by atoms with Crippen LogP contribution in [0.5, 0.6) is 0 Å². The van der Waals surface area contributed by atoms with Crippen molar-refractivity contribution < 1.29 is 4.92 Å². The fourth-order valence-corrected chi connectivity index (χ4v) is 3.31. The van der Waals surface area contributed by atoms with Crippen LogP contribution in [0.4, 0.5) is 11.4 Å². The second-order valence-electron chi connectivity index (χ2n) is 4.97. The van der Waals surface area contributed by atoms with Crippen LogP contribution in [0.25, 0.3) is 0 Å². The Kier molecular flexibility index (Phi) is 2.99. The minimum Gasteiger partial charge on any atom is -0.365 e. The summed E-state index contributed by atoms with van der Waals surface area (Å²) in [6.07, 6.45) is 0. The SMILES string of the molecule is O=[N+]([O-])c1ccc(Br)cc1N1CC2CNCC2C1. The van der Waals surface area contributed by atoms with Gasteiger partial charge in [-0.05, 0) is 24.0 Å². The number of nitro benzene ring substituents is 1. The first-order valence-corrected chi connectivity index (χ1v) is 6.84. The van der Waals surface area contributed by atoms with Crippen molar-refractivity contribution in [1.29, 1.82) is 0 Å². The summed E-state index contributed by atoms with van der Waals surface area (Å²) in [6.45, 7) is 3.88. The van der Waals surface area contributed by atoms with Gasteiger partial charge < -0.3 is 10.2 Å². The van der Waals surface area contributed by atoms with Crippen molar-refractivity contribution in [3.8, 4) is 0 Å². The Morgan fingerprint density at radius 3 is 2.61 bits per heavy atom. The molecule has 2 fully saturated rings. The molecule has 0 amide bonds. The first-order chi connectivity index (χ1) is 8.65. The van der Waals surface area contributed by atoms with E-state index < -0.39 is 0 Å². The van der Waals surface area contributed by atoms with Gasteiger partial charge in [-0.2, -0.15) is 0 Å². The van der Waals surface area contributed by atoms with Crippen LogP contribution in [0.15, 0.2) is 22.7 Å². The molecule has 2 aliphatic rings. The first-order valence-electron chi connectivity index (χ1n) is 6.05. The third kappa shape index (κ3) is 1.99. The molecule has 2 saturated heterocycles. The summed E-state index contributed by atoms with van der Waals surface area (Å²) in [6, 6.07) is 5.15. The lowest BCUT2D eigenvalue weighted by Crippen LogP contribution is -2.26. The topological polar surface area (TPSA) is 58.4 Å². The lowest BCUT2D eigenvalue weighted by Gasteiger charge is -2.19. The Balaban J connectivity index is 1.92. The summed E-state index contributed by atoms with van der Waals surface area (Å²) in [7, 11) is 0. The van der Waals surface area contributed by atoms with Crippen molar-refractivity contribution >= 4 is 27.3 Å². The number of nitrogens with zero attached hydrogens (tertiary/aromatic N) is 2. The molecule has 0 saturated carbocycles. The zero-order chi connectivity index (χ0) is 12.7. The van der Waals surface area contributed by atoms with Crippen LogP contribution in [0, 0.1) is 22.0 Å². The zero-order valence-corrected chi connectivity index (χ0v) is 11.4. The van der Waals surface area contributed by atoms with Crippen molar-refractivity contribution in [2.45, 2.75) is 0 Å². The molecule has 18 heavy (non-hydrogen) atoms. The fourth-order valence-electron chi connectivity index (χ4n) is 2.96. The summed E-state index contributed by atoms with van der Waals surface area (Å²) in [5.74, 6) is 1.26. The third-order valence-corrected chi connectivity index (χ3v) is 4.36. The Hall–Kier alpha value is -1.14. The summed E-state index contributed by atoms with van der Waals surface area (Å²) in [5, 5.41) is 14.5. The van der Waals surface area contributed by atoms with E-state index in [4.69, 9.17) is 0 Å². The number of nitrogens with one attached hydrogen (secondary N) is 1. The predicted octanol–water partition coefficient (Wildman–Crippen LogP) is 2.01. The number of anilines is 1. The average Bonchev–Trinajstić information content (AvgIpc) is 2.88. The number of hydrogen-bond acceptors (Lipinski definition) is 4. The summed E-state index contributed by atoms with van der Waals surface area (Å²) in [4.78, 5) is 12.9. The van der Waals surface area contributed by atoms with E-state index in [1.165, 1.54) is 0 Å². The number of benzene rings is 1. The largest absolute Gasteiger partial charge is 0.365 e. The third-order valence-electron chi connectivity index (χ3n) is 3.86. The van der Waals surface area contributed by atoms with E-state index in [1.807, 2.05) is 6.07 Å². The molecule has 96 valence electrons. The Bertz CT molecular complexity index is 482.